The molecule has 1 aliphatic heterocycles. The first-order chi connectivity index (χ1) is 13.0. The number of rotatable bonds is 6. The molecule has 27 heavy (non-hydrogen) atoms. The van der Waals surface area contributed by atoms with Crippen LogP contribution in [-0.2, 0) is 16.0 Å². The molecule has 0 radical (unpaired) electrons. The van der Waals surface area contributed by atoms with Gasteiger partial charge in [-0.1, -0.05) is 24.3 Å². The van der Waals surface area contributed by atoms with E-state index in [0.29, 0.717) is 24.2 Å². The third-order valence-electron chi connectivity index (χ3n) is 4.38. The smallest absolute Gasteiger partial charge is 0.254 e. The Labute approximate surface area is 156 Å². The fourth-order valence-corrected chi connectivity index (χ4v) is 2.89. The molecule has 2 aromatic rings. The molecule has 7 heteroatoms. The first-order valence-electron chi connectivity index (χ1n) is 8.78. The van der Waals surface area contributed by atoms with Gasteiger partial charge in [-0.15, -0.1) is 0 Å². The summed E-state index contributed by atoms with van der Waals surface area (Å²) in [6.07, 6.45) is 0.989. The van der Waals surface area contributed by atoms with Gasteiger partial charge in [-0.2, -0.15) is 0 Å². The lowest BCUT2D eigenvalue weighted by Gasteiger charge is -2.14. The zero-order valence-corrected chi connectivity index (χ0v) is 14.7. The van der Waals surface area contributed by atoms with Crippen LogP contribution in [0.1, 0.15) is 28.8 Å². The van der Waals surface area contributed by atoms with Gasteiger partial charge in [0, 0.05) is 13.0 Å². The second kappa shape index (κ2) is 8.35. The number of amides is 3. The molecule has 1 atom stereocenters. The summed E-state index contributed by atoms with van der Waals surface area (Å²) in [4.78, 5) is 36.5. The maximum atomic E-state index is 12.3. The van der Waals surface area contributed by atoms with Gasteiger partial charge < -0.3 is 21.1 Å². The topological polar surface area (TPSA) is 108 Å². The van der Waals surface area contributed by atoms with Crippen molar-refractivity contribution in [2.45, 2.75) is 25.3 Å². The highest BCUT2D eigenvalue weighted by Gasteiger charge is 2.27. The number of phenolic OH excluding ortho intramolecular Hbond substituents is 1. The third kappa shape index (κ3) is 4.84. The van der Waals surface area contributed by atoms with Crippen molar-refractivity contribution in [1.82, 2.24) is 10.6 Å². The Morgan fingerprint density at radius 2 is 1.81 bits per heavy atom. The Kier molecular flexibility index (Phi) is 5.71. The van der Waals surface area contributed by atoms with E-state index in [4.69, 9.17) is 0 Å². The van der Waals surface area contributed by atoms with Crippen molar-refractivity contribution in [2.24, 2.45) is 0 Å². The molecule has 4 N–H and O–H groups in total. The summed E-state index contributed by atoms with van der Waals surface area (Å²) in [6, 6.07) is 12.8. The number of hydrogen-bond acceptors (Lipinski definition) is 4. The number of nitrogens with one attached hydrogen (secondary N) is 3. The number of fused-ring (bicyclic) bond motifs is 1. The number of phenols is 1. The quantitative estimate of drug-likeness (QED) is 0.622. The molecule has 3 rings (SSSR count). The van der Waals surface area contributed by atoms with Gasteiger partial charge >= 0.3 is 0 Å². The van der Waals surface area contributed by atoms with Gasteiger partial charge in [0.05, 0.1) is 11.3 Å². The average molecular weight is 367 g/mol. The SMILES string of the molecule is O=C(CC[C@@H]1NC(=O)c2ccccc2NC1=O)NCCc1ccc(O)cc1. The van der Waals surface area contributed by atoms with Crippen LogP contribution in [0.3, 0.4) is 0 Å². The monoisotopic (exact) mass is 367 g/mol. The summed E-state index contributed by atoms with van der Waals surface area (Å²) in [5.41, 5.74) is 1.88. The Balaban J connectivity index is 1.46. The second-order valence-electron chi connectivity index (χ2n) is 6.37. The van der Waals surface area contributed by atoms with Crippen molar-refractivity contribution >= 4 is 23.4 Å². The predicted octanol–water partition coefficient (Wildman–Crippen LogP) is 1.58. The minimum Gasteiger partial charge on any atom is -0.508 e. The number of para-hydroxylation sites is 1. The average Bonchev–Trinajstić information content (AvgIpc) is 2.78. The number of carbonyl (C=O) groups excluding carboxylic acids is 3. The van der Waals surface area contributed by atoms with E-state index in [0.717, 1.165) is 5.56 Å². The fraction of sp³-hybridized carbons (Fsp3) is 0.250. The van der Waals surface area contributed by atoms with E-state index >= 15 is 0 Å². The van der Waals surface area contributed by atoms with Crippen LogP contribution in [0.25, 0.3) is 0 Å². The molecule has 1 heterocycles. The normalized spacial score (nSPS) is 15.9. The molecule has 2 aromatic carbocycles. The Morgan fingerprint density at radius 1 is 1.07 bits per heavy atom. The van der Waals surface area contributed by atoms with Crippen LogP contribution in [0.4, 0.5) is 5.69 Å². The number of hydrogen-bond donors (Lipinski definition) is 4. The third-order valence-corrected chi connectivity index (χ3v) is 4.38. The predicted molar refractivity (Wildman–Crippen MR) is 100 cm³/mol. The van der Waals surface area contributed by atoms with Crippen molar-refractivity contribution < 1.29 is 19.5 Å². The molecule has 0 fully saturated rings. The van der Waals surface area contributed by atoms with Crippen molar-refractivity contribution in [3.05, 3.63) is 59.7 Å². The summed E-state index contributed by atoms with van der Waals surface area (Å²) in [7, 11) is 0. The minimum atomic E-state index is -0.757. The summed E-state index contributed by atoms with van der Waals surface area (Å²) >= 11 is 0. The Hall–Kier alpha value is -3.35. The Bertz CT molecular complexity index is 849. The van der Waals surface area contributed by atoms with E-state index in [1.807, 2.05) is 0 Å². The number of anilines is 1. The second-order valence-corrected chi connectivity index (χ2v) is 6.37. The Morgan fingerprint density at radius 3 is 2.59 bits per heavy atom. The van der Waals surface area contributed by atoms with E-state index in [-0.39, 0.29) is 36.3 Å². The lowest BCUT2D eigenvalue weighted by molar-refractivity contribution is -0.121. The maximum absolute atomic E-state index is 12.3. The van der Waals surface area contributed by atoms with Gasteiger partial charge in [-0.05, 0) is 42.7 Å². The molecule has 0 unspecified atom stereocenters. The van der Waals surface area contributed by atoms with Gasteiger partial charge in [-0.25, -0.2) is 0 Å². The zero-order chi connectivity index (χ0) is 19.2. The zero-order valence-electron chi connectivity index (χ0n) is 14.7. The lowest BCUT2D eigenvalue weighted by atomic mass is 10.1. The lowest BCUT2D eigenvalue weighted by Crippen LogP contribution is -2.42. The van der Waals surface area contributed by atoms with E-state index < -0.39 is 6.04 Å². The largest absolute Gasteiger partial charge is 0.508 e. The van der Waals surface area contributed by atoms with Crippen LogP contribution in [-0.4, -0.2) is 35.4 Å². The summed E-state index contributed by atoms with van der Waals surface area (Å²) in [5, 5.41) is 17.4. The van der Waals surface area contributed by atoms with Crippen LogP contribution in [0.5, 0.6) is 5.75 Å². The summed E-state index contributed by atoms with van der Waals surface area (Å²) in [5.74, 6) is -0.641. The first-order valence-corrected chi connectivity index (χ1v) is 8.78. The first kappa shape index (κ1) is 18.4. The van der Waals surface area contributed by atoms with Gasteiger partial charge in [0.1, 0.15) is 11.8 Å². The van der Waals surface area contributed by atoms with E-state index in [1.54, 1.807) is 48.5 Å². The molecular weight excluding hydrogens is 346 g/mol. The van der Waals surface area contributed by atoms with Crippen molar-refractivity contribution in [1.29, 1.82) is 0 Å². The van der Waals surface area contributed by atoms with Crippen molar-refractivity contribution in [3.63, 3.8) is 0 Å². The molecule has 0 bridgehead atoms. The molecule has 0 saturated carbocycles. The van der Waals surface area contributed by atoms with Gasteiger partial charge in [-0.3, -0.25) is 14.4 Å². The van der Waals surface area contributed by atoms with Crippen LogP contribution < -0.4 is 16.0 Å². The summed E-state index contributed by atoms with van der Waals surface area (Å²) in [6.45, 7) is 0.457. The van der Waals surface area contributed by atoms with E-state index in [2.05, 4.69) is 16.0 Å². The highest BCUT2D eigenvalue weighted by molar-refractivity contribution is 6.09. The molecular formula is C20H21N3O4. The highest BCUT2D eigenvalue weighted by atomic mass is 16.3. The van der Waals surface area contributed by atoms with Gasteiger partial charge in [0.2, 0.25) is 11.8 Å². The molecule has 1 aliphatic rings. The van der Waals surface area contributed by atoms with Crippen LogP contribution in [0.15, 0.2) is 48.5 Å². The molecule has 140 valence electrons. The number of benzene rings is 2. The molecule has 0 aliphatic carbocycles. The summed E-state index contributed by atoms with van der Waals surface area (Å²) < 4.78 is 0. The molecule has 0 spiro atoms. The van der Waals surface area contributed by atoms with E-state index in [1.165, 1.54) is 0 Å². The van der Waals surface area contributed by atoms with Crippen molar-refractivity contribution in [2.75, 3.05) is 11.9 Å². The fourth-order valence-electron chi connectivity index (χ4n) is 2.89. The highest BCUT2D eigenvalue weighted by Crippen LogP contribution is 2.19. The molecule has 0 aromatic heterocycles. The van der Waals surface area contributed by atoms with Crippen LogP contribution in [0, 0.1) is 0 Å². The van der Waals surface area contributed by atoms with Crippen LogP contribution >= 0.6 is 0 Å². The maximum Gasteiger partial charge on any atom is 0.254 e. The minimum absolute atomic E-state index is 0.129. The van der Waals surface area contributed by atoms with Crippen molar-refractivity contribution in [3.8, 4) is 5.75 Å². The number of carbonyl (C=O) groups is 3. The van der Waals surface area contributed by atoms with E-state index in [9.17, 15) is 19.5 Å². The van der Waals surface area contributed by atoms with Crippen LogP contribution in [0.2, 0.25) is 0 Å². The van der Waals surface area contributed by atoms with Gasteiger partial charge in [0.15, 0.2) is 0 Å². The molecule has 0 saturated heterocycles. The molecule has 3 amide bonds. The standard InChI is InChI=1S/C20H21N3O4/c24-14-7-5-13(6-8-14)11-12-21-18(25)10-9-17-20(27)22-16-4-2-1-3-15(16)19(26)23-17/h1-8,17,24H,9-12H2,(H,21,25)(H,22,27)(H,23,26)/t17-/m0/s1. The number of aromatic hydroxyl groups is 1. The van der Waals surface area contributed by atoms with Gasteiger partial charge in [0.25, 0.3) is 5.91 Å². The molecule has 7 nitrogen and oxygen atoms in total.